The summed E-state index contributed by atoms with van der Waals surface area (Å²) in [5.41, 5.74) is 0. The lowest BCUT2D eigenvalue weighted by Gasteiger charge is -2.11. The number of unbranched alkanes of at least 4 members (excludes halogenated alkanes) is 16. The van der Waals surface area contributed by atoms with Gasteiger partial charge in [-0.05, 0) is 37.5 Å². The second-order valence-electron chi connectivity index (χ2n) is 11.2. The standard InChI is InChI=1S/C31H60O3/c1-2-3-26-34-27-20-16-12-8-4-5-9-13-17-21-29-24-25-30(28-29)22-18-14-10-6-7-11-15-19-23-31(32)33/h29-30H,2-28H2,1H3,(H,32,33). The average molecular weight is 481 g/mol. The molecule has 1 fully saturated rings. The predicted octanol–water partition coefficient (Wildman–Crippen LogP) is 10.1. The first-order valence-electron chi connectivity index (χ1n) is 15.5. The van der Waals surface area contributed by atoms with E-state index in [0.29, 0.717) is 6.42 Å². The summed E-state index contributed by atoms with van der Waals surface area (Å²) in [5.74, 6) is 1.42. The van der Waals surface area contributed by atoms with E-state index in [1.54, 1.807) is 0 Å². The van der Waals surface area contributed by atoms with Crippen molar-refractivity contribution in [1.82, 2.24) is 0 Å². The molecule has 0 bridgehead atoms. The van der Waals surface area contributed by atoms with Crippen LogP contribution in [0.5, 0.6) is 0 Å². The number of ether oxygens (including phenoxy) is 1. The molecule has 0 saturated heterocycles. The van der Waals surface area contributed by atoms with Crippen LogP contribution in [0.1, 0.15) is 167 Å². The molecule has 0 aromatic carbocycles. The van der Waals surface area contributed by atoms with Crippen LogP contribution in [0.4, 0.5) is 0 Å². The normalized spacial score (nSPS) is 18.0. The van der Waals surface area contributed by atoms with Crippen LogP contribution in [0.2, 0.25) is 0 Å². The van der Waals surface area contributed by atoms with Crippen molar-refractivity contribution in [3.05, 3.63) is 0 Å². The summed E-state index contributed by atoms with van der Waals surface area (Å²) in [6.45, 7) is 4.15. The lowest BCUT2D eigenvalue weighted by Crippen LogP contribution is -1.97. The maximum absolute atomic E-state index is 10.5. The fraction of sp³-hybridized carbons (Fsp3) is 0.968. The monoisotopic (exact) mass is 480 g/mol. The van der Waals surface area contributed by atoms with Crippen LogP contribution in [0, 0.1) is 11.8 Å². The maximum atomic E-state index is 10.5. The van der Waals surface area contributed by atoms with Crippen molar-refractivity contribution in [2.24, 2.45) is 11.8 Å². The minimum Gasteiger partial charge on any atom is -0.481 e. The summed E-state index contributed by atoms with van der Waals surface area (Å²) in [4.78, 5) is 10.5. The van der Waals surface area contributed by atoms with E-state index in [0.717, 1.165) is 37.9 Å². The molecule has 0 radical (unpaired) electrons. The summed E-state index contributed by atoms with van der Waals surface area (Å²) >= 11 is 0. The molecule has 34 heavy (non-hydrogen) atoms. The highest BCUT2D eigenvalue weighted by molar-refractivity contribution is 5.66. The molecular weight excluding hydrogens is 420 g/mol. The first-order chi connectivity index (χ1) is 16.7. The quantitative estimate of drug-likeness (QED) is 0.125. The molecule has 0 aliphatic heterocycles. The molecule has 3 nitrogen and oxygen atoms in total. The Morgan fingerprint density at radius 2 is 1.03 bits per heavy atom. The van der Waals surface area contributed by atoms with Gasteiger partial charge < -0.3 is 9.84 Å². The third-order valence-electron chi connectivity index (χ3n) is 7.95. The van der Waals surface area contributed by atoms with E-state index >= 15 is 0 Å². The molecule has 1 N–H and O–H groups in total. The minimum atomic E-state index is -0.648. The molecule has 1 rings (SSSR count). The molecule has 1 aliphatic rings. The molecular formula is C31H60O3. The number of hydrogen-bond donors (Lipinski definition) is 1. The first kappa shape index (κ1) is 31.5. The van der Waals surface area contributed by atoms with Crippen LogP contribution in [0.15, 0.2) is 0 Å². The van der Waals surface area contributed by atoms with Crippen LogP contribution in [-0.4, -0.2) is 24.3 Å². The van der Waals surface area contributed by atoms with Crippen molar-refractivity contribution in [1.29, 1.82) is 0 Å². The Morgan fingerprint density at radius 3 is 1.50 bits per heavy atom. The molecule has 3 heteroatoms. The molecule has 0 aromatic heterocycles. The summed E-state index contributed by atoms with van der Waals surface area (Å²) in [6, 6.07) is 0. The molecule has 0 amide bonds. The molecule has 0 heterocycles. The van der Waals surface area contributed by atoms with Crippen LogP contribution in [0.3, 0.4) is 0 Å². The Kier molecular flexibility index (Phi) is 22.3. The molecule has 202 valence electrons. The number of carboxylic acid groups (broad SMARTS) is 1. The summed E-state index contributed by atoms with van der Waals surface area (Å²) in [5, 5.41) is 8.65. The van der Waals surface area contributed by atoms with Gasteiger partial charge in [0.1, 0.15) is 0 Å². The van der Waals surface area contributed by atoms with E-state index in [-0.39, 0.29) is 0 Å². The Bertz CT molecular complexity index is 436. The second kappa shape index (κ2) is 24.1. The number of rotatable bonds is 26. The van der Waals surface area contributed by atoms with Gasteiger partial charge in [0.15, 0.2) is 0 Å². The van der Waals surface area contributed by atoms with E-state index in [2.05, 4.69) is 6.92 Å². The fourth-order valence-corrected chi connectivity index (χ4v) is 5.70. The number of carboxylic acids is 1. The first-order valence-corrected chi connectivity index (χ1v) is 15.5. The minimum absolute atomic E-state index is 0.346. The Hall–Kier alpha value is -0.570. The van der Waals surface area contributed by atoms with Gasteiger partial charge in [-0.25, -0.2) is 0 Å². The Morgan fingerprint density at radius 1 is 0.618 bits per heavy atom. The van der Waals surface area contributed by atoms with E-state index < -0.39 is 5.97 Å². The largest absolute Gasteiger partial charge is 0.481 e. The van der Waals surface area contributed by atoms with E-state index in [9.17, 15) is 4.79 Å². The van der Waals surface area contributed by atoms with Gasteiger partial charge >= 0.3 is 5.97 Å². The molecule has 1 saturated carbocycles. The Balaban J connectivity index is 1.77. The molecule has 0 spiro atoms. The van der Waals surface area contributed by atoms with Crippen molar-refractivity contribution in [3.63, 3.8) is 0 Å². The van der Waals surface area contributed by atoms with Crippen LogP contribution in [0.25, 0.3) is 0 Å². The van der Waals surface area contributed by atoms with Crippen molar-refractivity contribution in [2.45, 2.75) is 167 Å². The van der Waals surface area contributed by atoms with Crippen molar-refractivity contribution >= 4 is 5.97 Å². The lowest BCUT2D eigenvalue weighted by atomic mass is 9.95. The van der Waals surface area contributed by atoms with Crippen molar-refractivity contribution in [3.8, 4) is 0 Å². The summed E-state index contributed by atoms with van der Waals surface area (Å²) in [7, 11) is 0. The van der Waals surface area contributed by atoms with Crippen LogP contribution >= 0.6 is 0 Å². The van der Waals surface area contributed by atoms with E-state index in [1.165, 1.54) is 141 Å². The molecule has 2 atom stereocenters. The van der Waals surface area contributed by atoms with Gasteiger partial charge in [0, 0.05) is 19.6 Å². The second-order valence-corrected chi connectivity index (χ2v) is 11.2. The van der Waals surface area contributed by atoms with E-state index in [1.807, 2.05) is 0 Å². The zero-order valence-electron chi connectivity index (χ0n) is 23.0. The molecule has 1 aliphatic carbocycles. The van der Waals surface area contributed by atoms with Gasteiger partial charge in [-0.3, -0.25) is 4.79 Å². The third kappa shape index (κ3) is 20.8. The highest BCUT2D eigenvalue weighted by atomic mass is 16.5. The van der Waals surface area contributed by atoms with Gasteiger partial charge in [0.2, 0.25) is 0 Å². The van der Waals surface area contributed by atoms with E-state index in [4.69, 9.17) is 9.84 Å². The number of aliphatic carboxylic acids is 1. The zero-order valence-corrected chi connectivity index (χ0v) is 23.0. The number of hydrogen-bond acceptors (Lipinski definition) is 2. The van der Waals surface area contributed by atoms with Crippen LogP contribution < -0.4 is 0 Å². The smallest absolute Gasteiger partial charge is 0.303 e. The van der Waals surface area contributed by atoms with Gasteiger partial charge in [-0.2, -0.15) is 0 Å². The van der Waals surface area contributed by atoms with Gasteiger partial charge in [-0.1, -0.05) is 135 Å². The SMILES string of the molecule is CCCCOCCCCCCCCCCCC1CCC(CCCCCCCCCCC(=O)O)C1. The topological polar surface area (TPSA) is 46.5 Å². The fourth-order valence-electron chi connectivity index (χ4n) is 5.70. The van der Waals surface area contributed by atoms with Gasteiger partial charge in [0.25, 0.3) is 0 Å². The third-order valence-corrected chi connectivity index (χ3v) is 7.95. The van der Waals surface area contributed by atoms with Crippen LogP contribution in [-0.2, 0) is 9.53 Å². The molecule has 0 aromatic rings. The van der Waals surface area contributed by atoms with Crippen molar-refractivity contribution < 1.29 is 14.6 Å². The predicted molar refractivity (Wildman–Crippen MR) is 147 cm³/mol. The lowest BCUT2D eigenvalue weighted by molar-refractivity contribution is -0.137. The number of carbonyl (C=O) groups is 1. The van der Waals surface area contributed by atoms with Crippen molar-refractivity contribution in [2.75, 3.05) is 13.2 Å². The summed E-state index contributed by atoms with van der Waals surface area (Å²) < 4.78 is 5.63. The molecule has 2 unspecified atom stereocenters. The maximum Gasteiger partial charge on any atom is 0.303 e. The Labute approximate surface area is 213 Å². The highest BCUT2D eigenvalue weighted by Gasteiger charge is 2.23. The zero-order chi connectivity index (χ0) is 24.5. The van der Waals surface area contributed by atoms with Gasteiger partial charge in [0.05, 0.1) is 0 Å². The average Bonchev–Trinajstić information content (AvgIpc) is 3.28. The highest BCUT2D eigenvalue weighted by Crippen LogP contribution is 2.37. The van der Waals surface area contributed by atoms with Gasteiger partial charge in [-0.15, -0.1) is 0 Å². The summed E-state index contributed by atoms with van der Waals surface area (Å²) in [6.07, 6.45) is 33.0.